The molecule has 3 heterocycles. The van der Waals surface area contributed by atoms with Gasteiger partial charge in [0.05, 0.1) is 10.5 Å². The summed E-state index contributed by atoms with van der Waals surface area (Å²) in [5.41, 5.74) is 3.38. The highest BCUT2D eigenvalue weighted by molar-refractivity contribution is 9.10. The van der Waals surface area contributed by atoms with Crippen molar-refractivity contribution in [3.05, 3.63) is 70.6 Å². The molecule has 2 aromatic heterocycles. The zero-order valence-electron chi connectivity index (χ0n) is 14.9. The van der Waals surface area contributed by atoms with Crippen molar-refractivity contribution in [1.29, 1.82) is 0 Å². The Hall–Kier alpha value is -2.47. The van der Waals surface area contributed by atoms with Gasteiger partial charge in [-0.05, 0) is 46.5 Å². The topological polar surface area (TPSA) is 61.9 Å². The van der Waals surface area contributed by atoms with Crippen molar-refractivity contribution in [2.75, 3.05) is 6.54 Å². The molecule has 3 aromatic rings. The predicted molar refractivity (Wildman–Crippen MR) is 108 cm³/mol. The van der Waals surface area contributed by atoms with E-state index in [0.717, 1.165) is 53.5 Å². The van der Waals surface area contributed by atoms with E-state index in [9.17, 15) is 4.79 Å². The second-order valence-corrected chi connectivity index (χ2v) is 7.56. The summed E-state index contributed by atoms with van der Waals surface area (Å²) in [5, 5.41) is 7.36. The Labute approximate surface area is 167 Å². The third kappa shape index (κ3) is 3.67. The van der Waals surface area contributed by atoms with E-state index in [1.165, 1.54) is 0 Å². The van der Waals surface area contributed by atoms with Gasteiger partial charge in [0, 0.05) is 24.5 Å². The van der Waals surface area contributed by atoms with E-state index in [1.54, 1.807) is 12.4 Å². The number of likely N-dealkylation sites (tertiary alicyclic amines) is 1. The molecule has 1 aliphatic rings. The van der Waals surface area contributed by atoms with Crippen molar-refractivity contribution in [3.8, 4) is 11.3 Å². The number of aromatic nitrogens is 3. The quantitative estimate of drug-likeness (QED) is 0.643. The van der Waals surface area contributed by atoms with Crippen LogP contribution in [0.4, 0.5) is 0 Å². The molecule has 1 aromatic carbocycles. The molecule has 0 saturated carbocycles. The van der Waals surface area contributed by atoms with Crippen LogP contribution in [0.5, 0.6) is 0 Å². The molecule has 27 heavy (non-hydrogen) atoms. The number of halogens is 1. The summed E-state index contributed by atoms with van der Waals surface area (Å²) in [7, 11) is 0. The average Bonchev–Trinajstić information content (AvgIpc) is 2.94. The summed E-state index contributed by atoms with van der Waals surface area (Å²) in [6, 6.07) is 14.0. The van der Waals surface area contributed by atoms with Crippen molar-refractivity contribution in [2.45, 2.75) is 31.7 Å². The van der Waals surface area contributed by atoms with Crippen LogP contribution in [-0.2, 0) is 0 Å². The Morgan fingerprint density at radius 1 is 1.07 bits per heavy atom. The number of hydrogen-bond acceptors (Lipinski definition) is 3. The SMILES string of the molecule is O=C(c1[nH]nc(-c2ccccc2)c1Br)N1CCCCCC1c1ccncc1. The number of carbonyl (C=O) groups is 1. The first-order chi connectivity index (χ1) is 13.3. The summed E-state index contributed by atoms with van der Waals surface area (Å²) in [4.78, 5) is 19.5. The van der Waals surface area contributed by atoms with Crippen LogP contribution in [0.1, 0.15) is 47.8 Å². The van der Waals surface area contributed by atoms with Crippen molar-refractivity contribution < 1.29 is 4.79 Å². The fraction of sp³-hybridized carbons (Fsp3) is 0.286. The van der Waals surface area contributed by atoms with E-state index in [-0.39, 0.29) is 11.9 Å². The second-order valence-electron chi connectivity index (χ2n) is 6.77. The van der Waals surface area contributed by atoms with Gasteiger partial charge in [-0.2, -0.15) is 5.10 Å². The highest BCUT2D eigenvalue weighted by atomic mass is 79.9. The Morgan fingerprint density at radius 3 is 2.63 bits per heavy atom. The third-order valence-corrected chi connectivity index (χ3v) is 5.84. The molecule has 5 nitrogen and oxygen atoms in total. The summed E-state index contributed by atoms with van der Waals surface area (Å²) in [5.74, 6) is -0.0136. The number of hydrogen-bond donors (Lipinski definition) is 1. The van der Waals surface area contributed by atoms with E-state index >= 15 is 0 Å². The van der Waals surface area contributed by atoms with Crippen molar-refractivity contribution in [1.82, 2.24) is 20.1 Å². The lowest BCUT2D eigenvalue weighted by molar-refractivity contribution is 0.0673. The zero-order chi connectivity index (χ0) is 18.6. The zero-order valence-corrected chi connectivity index (χ0v) is 16.5. The Bertz CT molecular complexity index is 910. The van der Waals surface area contributed by atoms with Gasteiger partial charge >= 0.3 is 0 Å². The molecule has 0 radical (unpaired) electrons. The van der Waals surface area contributed by atoms with Crippen molar-refractivity contribution in [3.63, 3.8) is 0 Å². The minimum absolute atomic E-state index is 0.0136. The molecule has 6 heteroatoms. The molecule has 0 bridgehead atoms. The van der Waals surface area contributed by atoms with Crippen molar-refractivity contribution in [2.24, 2.45) is 0 Å². The second kappa shape index (κ2) is 8.05. The number of benzene rings is 1. The number of aromatic amines is 1. The Balaban J connectivity index is 1.67. The molecular formula is C21H21BrN4O. The molecule has 4 rings (SSSR count). The van der Waals surface area contributed by atoms with Crippen LogP contribution >= 0.6 is 15.9 Å². The Kier molecular flexibility index (Phi) is 5.34. The fourth-order valence-corrected chi connectivity index (χ4v) is 4.26. The maximum atomic E-state index is 13.4. The Morgan fingerprint density at radius 2 is 1.85 bits per heavy atom. The van der Waals surface area contributed by atoms with Gasteiger partial charge in [0.15, 0.2) is 0 Å². The van der Waals surface area contributed by atoms with Gasteiger partial charge in [-0.3, -0.25) is 14.9 Å². The van der Waals surface area contributed by atoms with E-state index in [2.05, 4.69) is 31.1 Å². The van der Waals surface area contributed by atoms with Gasteiger partial charge in [-0.25, -0.2) is 0 Å². The predicted octanol–water partition coefficient (Wildman–Crippen LogP) is 4.99. The van der Waals surface area contributed by atoms with Crippen LogP contribution in [0.25, 0.3) is 11.3 Å². The molecule has 0 spiro atoms. The highest BCUT2D eigenvalue weighted by Gasteiger charge is 2.30. The summed E-state index contributed by atoms with van der Waals surface area (Å²) >= 11 is 3.60. The summed E-state index contributed by atoms with van der Waals surface area (Å²) in [6.45, 7) is 0.748. The summed E-state index contributed by atoms with van der Waals surface area (Å²) in [6.07, 6.45) is 7.84. The van der Waals surface area contributed by atoms with Crippen LogP contribution in [0.15, 0.2) is 59.3 Å². The molecule has 0 aliphatic carbocycles. The number of amides is 1. The van der Waals surface area contributed by atoms with Crippen molar-refractivity contribution >= 4 is 21.8 Å². The first-order valence-electron chi connectivity index (χ1n) is 9.26. The van der Waals surface area contributed by atoms with Gasteiger partial charge in [-0.15, -0.1) is 0 Å². The molecule has 1 saturated heterocycles. The van der Waals surface area contributed by atoms with E-state index < -0.39 is 0 Å². The highest BCUT2D eigenvalue weighted by Crippen LogP contribution is 2.34. The minimum Gasteiger partial charge on any atom is -0.330 e. The molecule has 1 amide bonds. The number of pyridine rings is 1. The molecule has 138 valence electrons. The monoisotopic (exact) mass is 424 g/mol. The number of rotatable bonds is 3. The fourth-order valence-electron chi connectivity index (χ4n) is 3.68. The van der Waals surface area contributed by atoms with Crippen LogP contribution < -0.4 is 0 Å². The molecule has 1 fully saturated rings. The molecule has 1 atom stereocenters. The molecule has 1 N–H and O–H groups in total. The van der Waals surface area contributed by atoms with Gasteiger partial charge < -0.3 is 4.90 Å². The van der Waals surface area contributed by atoms with Crippen LogP contribution in [0, 0.1) is 0 Å². The maximum Gasteiger partial charge on any atom is 0.273 e. The maximum absolute atomic E-state index is 13.4. The van der Waals surface area contributed by atoms with E-state index in [4.69, 9.17) is 0 Å². The van der Waals surface area contributed by atoms with Gasteiger partial charge in [-0.1, -0.05) is 43.2 Å². The van der Waals surface area contributed by atoms with E-state index in [0.29, 0.717) is 5.69 Å². The lowest BCUT2D eigenvalue weighted by atomic mass is 10.0. The normalized spacial score (nSPS) is 17.5. The molecule has 1 aliphatic heterocycles. The van der Waals surface area contributed by atoms with Crippen LogP contribution in [-0.4, -0.2) is 32.5 Å². The first-order valence-corrected chi connectivity index (χ1v) is 10.0. The average molecular weight is 425 g/mol. The molecular weight excluding hydrogens is 404 g/mol. The minimum atomic E-state index is -0.0136. The third-order valence-electron chi connectivity index (χ3n) is 5.07. The van der Waals surface area contributed by atoms with Gasteiger partial charge in [0.25, 0.3) is 5.91 Å². The lowest BCUT2D eigenvalue weighted by Gasteiger charge is -2.30. The van der Waals surface area contributed by atoms with Gasteiger partial charge in [0.1, 0.15) is 11.4 Å². The smallest absolute Gasteiger partial charge is 0.273 e. The van der Waals surface area contributed by atoms with Crippen LogP contribution in [0.3, 0.4) is 0 Å². The lowest BCUT2D eigenvalue weighted by Crippen LogP contribution is -2.35. The largest absolute Gasteiger partial charge is 0.330 e. The van der Waals surface area contributed by atoms with E-state index in [1.807, 2.05) is 47.4 Å². The first kappa shape index (κ1) is 17.9. The number of carbonyl (C=O) groups excluding carboxylic acids is 1. The number of nitrogens with zero attached hydrogens (tertiary/aromatic N) is 3. The van der Waals surface area contributed by atoms with Crippen LogP contribution in [0.2, 0.25) is 0 Å². The van der Waals surface area contributed by atoms with Gasteiger partial charge in [0.2, 0.25) is 0 Å². The summed E-state index contributed by atoms with van der Waals surface area (Å²) < 4.78 is 0.719. The number of H-pyrrole nitrogens is 1. The molecule has 1 unspecified atom stereocenters. The standard InChI is InChI=1S/C21H21BrN4O/c22-18-19(16-7-3-1-4-8-16)24-25-20(18)21(27)26-14-6-2-5-9-17(26)15-10-12-23-13-11-15/h1,3-4,7-8,10-13,17H,2,5-6,9,14H2,(H,24,25). The number of nitrogens with one attached hydrogen (secondary N) is 1.